The van der Waals surface area contributed by atoms with Crippen molar-refractivity contribution in [3.8, 4) is 0 Å². The number of hydrogen-bond donors (Lipinski definition) is 2. The number of anilines is 1. The molecule has 2 aromatic rings. The number of aryl methyl sites for hydroxylation is 2. The summed E-state index contributed by atoms with van der Waals surface area (Å²) in [4.78, 5) is 25.4. The number of aromatic nitrogens is 3. The molecular weight excluding hydrogens is 505 g/mol. The SMILES string of the molecule is Cc1nn(C)cc1SNC(=O)c1ccc(N=C/C=C(\N)OCC(C)(C)C(C)(C)F)nc1N1CCCC1(C)C. The first kappa shape index (κ1) is 29.5. The summed E-state index contributed by atoms with van der Waals surface area (Å²) in [6.45, 7) is 13.7. The van der Waals surface area contributed by atoms with Crippen LogP contribution in [-0.4, -0.2) is 51.2 Å². The van der Waals surface area contributed by atoms with Gasteiger partial charge in [-0.05, 0) is 71.5 Å². The van der Waals surface area contributed by atoms with E-state index >= 15 is 0 Å². The van der Waals surface area contributed by atoms with Gasteiger partial charge in [0, 0.05) is 43.0 Å². The highest BCUT2D eigenvalue weighted by Gasteiger charge is 2.38. The van der Waals surface area contributed by atoms with E-state index in [2.05, 4.69) is 33.6 Å². The maximum absolute atomic E-state index is 14.3. The van der Waals surface area contributed by atoms with E-state index in [-0.39, 0.29) is 23.9 Å². The largest absolute Gasteiger partial charge is 0.479 e. The highest BCUT2D eigenvalue weighted by Crippen LogP contribution is 2.36. The Bertz CT molecular complexity index is 1210. The lowest BCUT2D eigenvalue weighted by atomic mass is 9.79. The fraction of sp³-hybridized carbons (Fsp3) is 0.556. The second-order valence-corrected chi connectivity index (χ2v) is 12.2. The first-order chi connectivity index (χ1) is 17.6. The van der Waals surface area contributed by atoms with Crippen molar-refractivity contribution >= 4 is 35.7 Å². The number of carbonyl (C=O) groups excluding carboxylic acids is 1. The summed E-state index contributed by atoms with van der Waals surface area (Å²) in [6, 6.07) is 3.43. The van der Waals surface area contributed by atoms with Crippen molar-refractivity contribution in [2.24, 2.45) is 23.2 Å². The molecule has 0 unspecified atom stereocenters. The summed E-state index contributed by atoms with van der Waals surface area (Å²) in [5, 5.41) is 4.32. The summed E-state index contributed by atoms with van der Waals surface area (Å²) < 4.78 is 24.5. The first-order valence-corrected chi connectivity index (χ1v) is 13.5. The van der Waals surface area contributed by atoms with Gasteiger partial charge in [-0.15, -0.1) is 0 Å². The molecule has 0 saturated carbocycles. The smallest absolute Gasteiger partial charge is 0.265 e. The van der Waals surface area contributed by atoms with E-state index in [0.717, 1.165) is 30.0 Å². The Balaban J connectivity index is 1.79. The van der Waals surface area contributed by atoms with E-state index in [9.17, 15) is 9.18 Å². The molecule has 0 aliphatic carbocycles. The number of pyridine rings is 1. The van der Waals surface area contributed by atoms with Gasteiger partial charge in [0.25, 0.3) is 5.91 Å². The van der Waals surface area contributed by atoms with Crippen LogP contribution in [0, 0.1) is 12.3 Å². The second kappa shape index (κ2) is 11.3. The summed E-state index contributed by atoms with van der Waals surface area (Å²) in [5.74, 6) is 0.910. The van der Waals surface area contributed by atoms with Crippen LogP contribution in [0.25, 0.3) is 0 Å². The molecular formula is C27H40FN7O2S. The quantitative estimate of drug-likeness (QED) is 0.239. The maximum atomic E-state index is 14.3. The third-order valence-electron chi connectivity index (χ3n) is 7.14. The van der Waals surface area contributed by atoms with Crippen molar-refractivity contribution in [3.05, 3.63) is 41.5 Å². The van der Waals surface area contributed by atoms with Gasteiger partial charge in [0.15, 0.2) is 11.7 Å². The van der Waals surface area contributed by atoms with Gasteiger partial charge in [0.1, 0.15) is 11.5 Å². The molecule has 0 bridgehead atoms. The number of rotatable bonds is 10. The standard InChI is InChI=1S/C27H40FN7O2S/c1-18-20(16-34(8)32-18)38-33-24(36)19-10-11-22(31-23(19)35-15-9-13-26(35,4)5)30-14-12-21(29)37-17-25(2,3)27(6,7)28/h10-12,14,16H,9,13,15,17,29H2,1-8H3,(H,33,36)/b21-12+,30-14?. The Morgan fingerprint density at radius 2 is 2.05 bits per heavy atom. The van der Waals surface area contributed by atoms with Crippen LogP contribution in [0.15, 0.2) is 40.2 Å². The predicted octanol–water partition coefficient (Wildman–Crippen LogP) is 5.23. The lowest BCUT2D eigenvalue weighted by Crippen LogP contribution is -2.40. The molecule has 0 spiro atoms. The number of halogens is 1. The molecule has 3 heterocycles. The second-order valence-electron chi connectivity index (χ2n) is 11.4. The minimum absolute atomic E-state index is 0.125. The number of allylic oxidation sites excluding steroid dienone is 1. The molecule has 3 rings (SSSR count). The summed E-state index contributed by atoms with van der Waals surface area (Å²) in [6.07, 6.45) is 6.87. The van der Waals surface area contributed by atoms with E-state index in [1.807, 2.05) is 20.2 Å². The van der Waals surface area contributed by atoms with Crippen molar-refractivity contribution in [3.63, 3.8) is 0 Å². The highest BCUT2D eigenvalue weighted by molar-refractivity contribution is 7.98. The van der Waals surface area contributed by atoms with Crippen LogP contribution in [0.2, 0.25) is 0 Å². The first-order valence-electron chi connectivity index (χ1n) is 12.7. The number of aliphatic imine (C=N–C) groups is 1. The van der Waals surface area contributed by atoms with Gasteiger partial charge in [-0.1, -0.05) is 13.8 Å². The number of amides is 1. The van der Waals surface area contributed by atoms with Gasteiger partial charge < -0.3 is 15.4 Å². The average molecular weight is 546 g/mol. The molecule has 1 aliphatic rings. The Hall–Kier alpha value is -3.08. The monoisotopic (exact) mass is 545 g/mol. The maximum Gasteiger partial charge on any atom is 0.265 e. The predicted molar refractivity (Wildman–Crippen MR) is 152 cm³/mol. The third kappa shape index (κ3) is 7.06. The van der Waals surface area contributed by atoms with Crippen molar-refractivity contribution in [1.29, 1.82) is 0 Å². The molecule has 9 nitrogen and oxygen atoms in total. The molecule has 2 aromatic heterocycles. The molecule has 1 amide bonds. The molecule has 0 aromatic carbocycles. The fourth-order valence-electron chi connectivity index (χ4n) is 3.90. The van der Waals surface area contributed by atoms with Crippen LogP contribution < -0.4 is 15.4 Å². The molecule has 1 fully saturated rings. The normalized spacial score (nSPS) is 16.3. The molecule has 3 N–H and O–H groups in total. The van der Waals surface area contributed by atoms with Crippen molar-refractivity contribution in [1.82, 2.24) is 19.5 Å². The fourth-order valence-corrected chi connectivity index (χ4v) is 4.60. The number of alkyl halides is 1. The Morgan fingerprint density at radius 3 is 2.63 bits per heavy atom. The molecule has 0 radical (unpaired) electrons. The lowest BCUT2D eigenvalue weighted by molar-refractivity contribution is -0.00883. The van der Waals surface area contributed by atoms with Gasteiger partial charge in [-0.2, -0.15) is 5.10 Å². The Kier molecular flexibility index (Phi) is 8.80. The van der Waals surface area contributed by atoms with Gasteiger partial charge in [-0.25, -0.2) is 14.4 Å². The van der Waals surface area contributed by atoms with Crippen molar-refractivity contribution in [2.75, 3.05) is 18.1 Å². The average Bonchev–Trinajstić information content (AvgIpc) is 3.34. The Morgan fingerprint density at radius 1 is 1.34 bits per heavy atom. The van der Waals surface area contributed by atoms with E-state index < -0.39 is 11.1 Å². The third-order valence-corrected chi connectivity index (χ3v) is 8.05. The summed E-state index contributed by atoms with van der Waals surface area (Å²) >= 11 is 1.23. The number of ether oxygens (including phenoxy) is 1. The van der Waals surface area contributed by atoms with Crippen LogP contribution in [0.1, 0.15) is 70.4 Å². The van der Waals surface area contributed by atoms with Crippen LogP contribution in [0.5, 0.6) is 0 Å². The number of hydrogen-bond acceptors (Lipinski definition) is 8. The zero-order valence-electron chi connectivity index (χ0n) is 23.6. The number of carbonyl (C=O) groups is 1. The van der Waals surface area contributed by atoms with Gasteiger partial charge in [0.2, 0.25) is 0 Å². The molecule has 11 heteroatoms. The molecule has 208 valence electrons. The van der Waals surface area contributed by atoms with Crippen LogP contribution >= 0.6 is 11.9 Å². The zero-order chi connectivity index (χ0) is 28.3. The summed E-state index contributed by atoms with van der Waals surface area (Å²) in [5.41, 5.74) is 4.98. The van der Waals surface area contributed by atoms with Crippen molar-refractivity contribution < 1.29 is 13.9 Å². The van der Waals surface area contributed by atoms with Crippen LogP contribution in [0.4, 0.5) is 16.0 Å². The molecule has 1 aliphatic heterocycles. The van der Waals surface area contributed by atoms with Crippen LogP contribution in [-0.2, 0) is 11.8 Å². The zero-order valence-corrected chi connectivity index (χ0v) is 24.4. The number of nitrogens with two attached hydrogens (primary N) is 1. The van der Waals surface area contributed by atoms with E-state index in [4.69, 9.17) is 15.5 Å². The number of nitrogens with zero attached hydrogens (tertiary/aromatic N) is 5. The Labute approximate surface area is 229 Å². The van der Waals surface area contributed by atoms with E-state index in [0.29, 0.717) is 17.2 Å². The topological polar surface area (TPSA) is 111 Å². The van der Waals surface area contributed by atoms with Gasteiger partial charge in [0.05, 0.1) is 22.8 Å². The van der Waals surface area contributed by atoms with Crippen LogP contribution in [0.3, 0.4) is 0 Å². The lowest BCUT2D eigenvalue weighted by Gasteiger charge is -2.34. The van der Waals surface area contributed by atoms with Gasteiger partial charge >= 0.3 is 0 Å². The minimum atomic E-state index is -1.42. The van der Waals surface area contributed by atoms with E-state index in [1.165, 1.54) is 38.1 Å². The minimum Gasteiger partial charge on any atom is -0.479 e. The van der Waals surface area contributed by atoms with Crippen molar-refractivity contribution in [2.45, 2.75) is 77.4 Å². The van der Waals surface area contributed by atoms with Gasteiger partial charge in [-0.3, -0.25) is 14.2 Å². The van der Waals surface area contributed by atoms with E-state index in [1.54, 1.807) is 30.7 Å². The highest BCUT2D eigenvalue weighted by atomic mass is 32.2. The molecule has 1 saturated heterocycles. The molecule has 38 heavy (non-hydrogen) atoms. The molecule has 0 atom stereocenters. The summed E-state index contributed by atoms with van der Waals surface area (Å²) in [7, 11) is 1.84. The number of nitrogens with one attached hydrogen (secondary N) is 1.